The van der Waals surface area contributed by atoms with Gasteiger partial charge in [-0.25, -0.2) is 0 Å². The van der Waals surface area contributed by atoms with Gasteiger partial charge in [0.25, 0.3) is 0 Å². The minimum atomic E-state index is -0.192. The molecule has 0 saturated carbocycles. The molecule has 0 aromatic rings. The van der Waals surface area contributed by atoms with Crippen molar-refractivity contribution in [1.29, 1.82) is 0 Å². The van der Waals surface area contributed by atoms with Gasteiger partial charge in [0.15, 0.2) is 0 Å². The molecular formula is C13H26O3S. The molecule has 0 aliphatic heterocycles. The molecule has 0 atom stereocenters. The van der Waals surface area contributed by atoms with Crippen molar-refractivity contribution in [2.45, 2.75) is 51.9 Å². The Bertz CT molecular complexity index is 174. The third kappa shape index (κ3) is 13.7. The average molecular weight is 262 g/mol. The van der Waals surface area contributed by atoms with Crippen LogP contribution in [0.5, 0.6) is 0 Å². The Morgan fingerprint density at radius 2 is 1.71 bits per heavy atom. The second-order valence-electron chi connectivity index (χ2n) is 4.07. The highest BCUT2D eigenvalue weighted by Gasteiger charge is 1.99. The Hall–Kier alpha value is -0.220. The van der Waals surface area contributed by atoms with Gasteiger partial charge in [-0.15, -0.1) is 0 Å². The van der Waals surface area contributed by atoms with Gasteiger partial charge in [0.1, 0.15) is 6.61 Å². The predicted octanol–water partition coefficient (Wildman–Crippen LogP) is 3.23. The lowest BCUT2D eigenvalue weighted by Crippen LogP contribution is -2.11. The molecule has 0 fully saturated rings. The van der Waals surface area contributed by atoms with E-state index in [1.165, 1.54) is 32.1 Å². The van der Waals surface area contributed by atoms with E-state index in [4.69, 9.17) is 9.47 Å². The molecule has 0 unspecified atom stereocenters. The minimum Gasteiger partial charge on any atom is -0.463 e. The summed E-state index contributed by atoms with van der Waals surface area (Å²) in [4.78, 5) is 11.0. The van der Waals surface area contributed by atoms with Crippen LogP contribution >= 0.6 is 12.6 Å². The predicted molar refractivity (Wildman–Crippen MR) is 73.6 cm³/mol. The first-order valence-electron chi connectivity index (χ1n) is 6.65. The minimum absolute atomic E-state index is 0.192. The Kier molecular flexibility index (Phi) is 13.7. The van der Waals surface area contributed by atoms with Gasteiger partial charge < -0.3 is 9.47 Å². The quantitative estimate of drug-likeness (QED) is 0.333. The smallest absolute Gasteiger partial charge is 0.306 e. The van der Waals surface area contributed by atoms with Crippen LogP contribution in [0.4, 0.5) is 0 Å². The maximum Gasteiger partial charge on any atom is 0.306 e. The Labute approximate surface area is 111 Å². The highest BCUT2D eigenvalue weighted by molar-refractivity contribution is 7.80. The summed E-state index contributed by atoms with van der Waals surface area (Å²) in [6.07, 6.45) is 7.97. The number of unbranched alkanes of at least 4 members (excludes halogenated alkanes) is 5. The molecule has 0 aliphatic carbocycles. The molecule has 0 heterocycles. The maximum atomic E-state index is 11.0. The summed E-state index contributed by atoms with van der Waals surface area (Å²) < 4.78 is 10.3. The molecule has 17 heavy (non-hydrogen) atoms. The van der Waals surface area contributed by atoms with Crippen LogP contribution in [0.3, 0.4) is 0 Å². The van der Waals surface area contributed by atoms with E-state index in [0.29, 0.717) is 25.4 Å². The fourth-order valence-corrected chi connectivity index (χ4v) is 1.65. The average Bonchev–Trinajstić information content (AvgIpc) is 2.32. The van der Waals surface area contributed by atoms with Crippen LogP contribution in [0, 0.1) is 0 Å². The molecular weight excluding hydrogens is 236 g/mol. The largest absolute Gasteiger partial charge is 0.463 e. The summed E-state index contributed by atoms with van der Waals surface area (Å²) in [6.45, 7) is 3.87. The number of hydrogen-bond donors (Lipinski definition) is 1. The van der Waals surface area contributed by atoms with Gasteiger partial charge >= 0.3 is 5.97 Å². The third-order valence-corrected chi connectivity index (χ3v) is 2.67. The SMILES string of the molecule is CCCCCCCCOCCOC(=O)CCS. The highest BCUT2D eigenvalue weighted by atomic mass is 32.1. The normalized spacial score (nSPS) is 10.5. The molecule has 0 aromatic heterocycles. The van der Waals surface area contributed by atoms with E-state index in [-0.39, 0.29) is 5.97 Å². The lowest BCUT2D eigenvalue weighted by atomic mass is 10.1. The number of hydrogen-bond acceptors (Lipinski definition) is 4. The van der Waals surface area contributed by atoms with Gasteiger partial charge in [0.2, 0.25) is 0 Å². The fraction of sp³-hybridized carbons (Fsp3) is 0.923. The second kappa shape index (κ2) is 13.8. The number of thiol groups is 1. The van der Waals surface area contributed by atoms with E-state index in [2.05, 4.69) is 19.6 Å². The van der Waals surface area contributed by atoms with Gasteiger partial charge in [-0.2, -0.15) is 12.6 Å². The molecule has 0 rings (SSSR count). The lowest BCUT2D eigenvalue weighted by molar-refractivity contribution is -0.144. The molecule has 0 radical (unpaired) electrons. The van der Waals surface area contributed by atoms with Crippen LogP contribution < -0.4 is 0 Å². The fourth-order valence-electron chi connectivity index (χ4n) is 1.46. The molecule has 0 N–H and O–H groups in total. The van der Waals surface area contributed by atoms with Crippen molar-refractivity contribution in [3.63, 3.8) is 0 Å². The van der Waals surface area contributed by atoms with E-state index < -0.39 is 0 Å². The number of rotatable bonds is 12. The summed E-state index contributed by atoms with van der Waals surface area (Å²) in [6, 6.07) is 0. The molecule has 0 aromatic carbocycles. The van der Waals surface area contributed by atoms with Crippen molar-refractivity contribution >= 4 is 18.6 Å². The lowest BCUT2D eigenvalue weighted by Gasteiger charge is -2.05. The van der Waals surface area contributed by atoms with Crippen molar-refractivity contribution < 1.29 is 14.3 Å². The van der Waals surface area contributed by atoms with Gasteiger partial charge in [0.05, 0.1) is 13.0 Å². The number of esters is 1. The third-order valence-electron chi connectivity index (χ3n) is 2.45. The van der Waals surface area contributed by atoms with E-state index in [1.54, 1.807) is 0 Å². The van der Waals surface area contributed by atoms with Gasteiger partial charge in [0, 0.05) is 12.4 Å². The summed E-state index contributed by atoms with van der Waals surface area (Å²) in [7, 11) is 0. The molecule has 0 bridgehead atoms. The summed E-state index contributed by atoms with van der Waals surface area (Å²) >= 11 is 3.95. The van der Waals surface area contributed by atoms with Crippen LogP contribution in [0.15, 0.2) is 0 Å². The highest BCUT2D eigenvalue weighted by Crippen LogP contribution is 2.04. The van der Waals surface area contributed by atoms with Crippen LogP contribution in [0.1, 0.15) is 51.9 Å². The zero-order valence-corrected chi connectivity index (χ0v) is 11.8. The van der Waals surface area contributed by atoms with E-state index in [9.17, 15) is 4.79 Å². The number of carbonyl (C=O) groups excluding carboxylic acids is 1. The van der Waals surface area contributed by atoms with E-state index in [1.807, 2.05) is 0 Å². The first-order chi connectivity index (χ1) is 8.31. The van der Waals surface area contributed by atoms with Crippen molar-refractivity contribution in [3.8, 4) is 0 Å². The molecule has 3 nitrogen and oxygen atoms in total. The Morgan fingerprint density at radius 3 is 2.41 bits per heavy atom. The first-order valence-corrected chi connectivity index (χ1v) is 7.28. The standard InChI is InChI=1S/C13H26O3S/c1-2-3-4-5-6-7-9-15-10-11-16-13(14)8-12-17/h17H,2-12H2,1H3. The second-order valence-corrected chi connectivity index (χ2v) is 4.52. The van der Waals surface area contributed by atoms with Crippen molar-refractivity contribution in [2.75, 3.05) is 25.6 Å². The van der Waals surface area contributed by atoms with Crippen LogP contribution in [0.2, 0.25) is 0 Å². The topological polar surface area (TPSA) is 35.5 Å². The zero-order chi connectivity index (χ0) is 12.8. The van der Waals surface area contributed by atoms with E-state index >= 15 is 0 Å². The van der Waals surface area contributed by atoms with Crippen LogP contribution in [-0.4, -0.2) is 31.5 Å². The number of carbonyl (C=O) groups is 1. The summed E-state index contributed by atoms with van der Waals surface area (Å²) in [5, 5.41) is 0. The van der Waals surface area contributed by atoms with Gasteiger partial charge in [-0.1, -0.05) is 39.0 Å². The molecule has 0 saturated heterocycles. The number of ether oxygens (including phenoxy) is 2. The summed E-state index contributed by atoms with van der Waals surface area (Å²) in [5.41, 5.74) is 0. The van der Waals surface area contributed by atoms with E-state index in [0.717, 1.165) is 13.0 Å². The van der Waals surface area contributed by atoms with Gasteiger partial charge in [-0.05, 0) is 6.42 Å². The van der Waals surface area contributed by atoms with Crippen molar-refractivity contribution in [3.05, 3.63) is 0 Å². The molecule has 0 amide bonds. The monoisotopic (exact) mass is 262 g/mol. The Morgan fingerprint density at radius 1 is 1.00 bits per heavy atom. The molecule has 102 valence electrons. The van der Waals surface area contributed by atoms with Gasteiger partial charge in [-0.3, -0.25) is 4.79 Å². The van der Waals surface area contributed by atoms with Crippen molar-refractivity contribution in [1.82, 2.24) is 0 Å². The Balaban J connectivity index is 3.01. The maximum absolute atomic E-state index is 11.0. The molecule has 0 aliphatic rings. The molecule has 4 heteroatoms. The van der Waals surface area contributed by atoms with Crippen LogP contribution in [0.25, 0.3) is 0 Å². The summed E-state index contributed by atoms with van der Waals surface area (Å²) in [5.74, 6) is 0.348. The van der Waals surface area contributed by atoms with Crippen molar-refractivity contribution in [2.24, 2.45) is 0 Å². The zero-order valence-electron chi connectivity index (χ0n) is 11.0. The first kappa shape index (κ1) is 16.8. The van der Waals surface area contributed by atoms with Crippen LogP contribution in [-0.2, 0) is 14.3 Å². The molecule has 0 spiro atoms.